The van der Waals surface area contributed by atoms with Crippen LogP contribution in [0.5, 0.6) is 0 Å². The van der Waals surface area contributed by atoms with Crippen LogP contribution in [0, 0.1) is 19.7 Å². The molecule has 0 atom stereocenters. The molecule has 1 aromatic carbocycles. The first-order chi connectivity index (χ1) is 12.3. The van der Waals surface area contributed by atoms with Crippen LogP contribution in [0.25, 0.3) is 0 Å². The van der Waals surface area contributed by atoms with E-state index < -0.39 is 21.7 Å². The van der Waals surface area contributed by atoms with Gasteiger partial charge in [-0.3, -0.25) is 9.89 Å². The van der Waals surface area contributed by atoms with Crippen molar-refractivity contribution in [2.75, 3.05) is 26.2 Å². The lowest BCUT2D eigenvalue weighted by Gasteiger charge is -2.22. The van der Waals surface area contributed by atoms with Gasteiger partial charge in [-0.1, -0.05) is 12.1 Å². The molecule has 1 amide bonds. The summed E-state index contributed by atoms with van der Waals surface area (Å²) in [6.07, 6.45) is 0.482. The maximum Gasteiger partial charge on any atom is 0.256 e. The van der Waals surface area contributed by atoms with Crippen LogP contribution in [0.1, 0.15) is 28.2 Å². The number of H-pyrrole nitrogens is 1. The molecule has 2 aromatic rings. The SMILES string of the molecule is Cc1n[nH]c(C)c1S(=O)(=O)N1CCCN(C(=O)c2ccccc2F)CC1. The van der Waals surface area contributed by atoms with Gasteiger partial charge in [0.1, 0.15) is 10.7 Å². The van der Waals surface area contributed by atoms with Crippen molar-refractivity contribution in [2.45, 2.75) is 25.2 Å². The molecule has 0 aliphatic carbocycles. The normalized spacial score (nSPS) is 16.5. The number of aryl methyl sites for hydroxylation is 2. The number of aromatic nitrogens is 2. The van der Waals surface area contributed by atoms with E-state index in [1.807, 2.05) is 0 Å². The number of hydrogen-bond donors (Lipinski definition) is 1. The van der Waals surface area contributed by atoms with Gasteiger partial charge in [0, 0.05) is 26.2 Å². The average molecular weight is 380 g/mol. The fourth-order valence-electron chi connectivity index (χ4n) is 3.19. The highest BCUT2D eigenvalue weighted by Gasteiger charge is 2.32. The Kier molecular flexibility index (Phi) is 5.10. The van der Waals surface area contributed by atoms with Gasteiger partial charge in [0.05, 0.1) is 17.0 Å². The summed E-state index contributed by atoms with van der Waals surface area (Å²) in [5.41, 5.74) is 0.919. The zero-order valence-corrected chi connectivity index (χ0v) is 15.5. The third kappa shape index (κ3) is 3.36. The number of rotatable bonds is 3. The number of aromatic amines is 1. The summed E-state index contributed by atoms with van der Waals surface area (Å²) < 4.78 is 41.1. The summed E-state index contributed by atoms with van der Waals surface area (Å²) in [4.78, 5) is 14.3. The van der Waals surface area contributed by atoms with Gasteiger partial charge in [-0.2, -0.15) is 9.40 Å². The zero-order valence-electron chi connectivity index (χ0n) is 14.7. The smallest absolute Gasteiger partial charge is 0.256 e. The van der Waals surface area contributed by atoms with Crippen LogP contribution in [0.2, 0.25) is 0 Å². The van der Waals surface area contributed by atoms with Crippen molar-refractivity contribution in [2.24, 2.45) is 0 Å². The molecule has 1 saturated heterocycles. The van der Waals surface area contributed by atoms with E-state index in [0.717, 1.165) is 0 Å². The van der Waals surface area contributed by atoms with Gasteiger partial charge in [-0.15, -0.1) is 0 Å². The summed E-state index contributed by atoms with van der Waals surface area (Å²) in [5, 5.41) is 6.65. The summed E-state index contributed by atoms with van der Waals surface area (Å²) in [6, 6.07) is 5.81. The lowest BCUT2D eigenvalue weighted by molar-refractivity contribution is 0.0759. The van der Waals surface area contributed by atoms with Crippen LogP contribution in [0.4, 0.5) is 4.39 Å². The molecule has 0 saturated carbocycles. The third-order valence-electron chi connectivity index (χ3n) is 4.50. The van der Waals surface area contributed by atoms with Crippen LogP contribution in [0.15, 0.2) is 29.2 Å². The zero-order chi connectivity index (χ0) is 18.9. The van der Waals surface area contributed by atoms with Crippen LogP contribution >= 0.6 is 0 Å². The Labute approximate surface area is 151 Å². The molecular weight excluding hydrogens is 359 g/mol. The summed E-state index contributed by atoms with van der Waals surface area (Å²) in [6.45, 7) is 4.35. The molecule has 0 unspecified atom stereocenters. The number of amides is 1. The Balaban J connectivity index is 1.79. The largest absolute Gasteiger partial charge is 0.337 e. The molecule has 140 valence electrons. The van der Waals surface area contributed by atoms with Gasteiger partial charge >= 0.3 is 0 Å². The van der Waals surface area contributed by atoms with Gasteiger partial charge in [-0.25, -0.2) is 12.8 Å². The highest BCUT2D eigenvalue weighted by molar-refractivity contribution is 7.89. The number of carbonyl (C=O) groups excluding carboxylic acids is 1. The molecule has 0 bridgehead atoms. The predicted molar refractivity (Wildman–Crippen MR) is 93.7 cm³/mol. The first-order valence-corrected chi connectivity index (χ1v) is 9.82. The van der Waals surface area contributed by atoms with Gasteiger partial charge in [0.25, 0.3) is 5.91 Å². The third-order valence-corrected chi connectivity index (χ3v) is 6.67. The lowest BCUT2D eigenvalue weighted by atomic mass is 10.2. The van der Waals surface area contributed by atoms with Crippen molar-refractivity contribution in [3.63, 3.8) is 0 Å². The Morgan fingerprint density at radius 3 is 2.54 bits per heavy atom. The number of nitrogens with zero attached hydrogens (tertiary/aromatic N) is 3. The molecule has 3 rings (SSSR count). The molecular formula is C17H21FN4O3S. The van der Waals surface area contributed by atoms with E-state index in [0.29, 0.717) is 30.9 Å². The van der Waals surface area contributed by atoms with Crippen LogP contribution < -0.4 is 0 Å². The molecule has 0 spiro atoms. The van der Waals surface area contributed by atoms with Gasteiger partial charge in [0.15, 0.2) is 0 Å². The number of sulfonamides is 1. The topological polar surface area (TPSA) is 86.4 Å². The Morgan fingerprint density at radius 1 is 1.15 bits per heavy atom. The maximum atomic E-state index is 13.9. The standard InChI is InChI=1S/C17H21FN4O3S/c1-12-16(13(2)20-19-12)26(24,25)22-9-5-8-21(10-11-22)17(23)14-6-3-4-7-15(14)18/h3-4,6-7H,5,8-11H2,1-2H3,(H,19,20). The molecule has 1 aliphatic rings. The molecule has 9 heteroatoms. The van der Waals surface area contributed by atoms with Crippen molar-refractivity contribution in [3.05, 3.63) is 47.0 Å². The molecule has 7 nitrogen and oxygen atoms in total. The van der Waals surface area contributed by atoms with E-state index >= 15 is 0 Å². The Hall–Kier alpha value is -2.26. The van der Waals surface area contributed by atoms with Gasteiger partial charge < -0.3 is 4.90 Å². The average Bonchev–Trinajstić information content (AvgIpc) is 2.81. The monoisotopic (exact) mass is 380 g/mol. The summed E-state index contributed by atoms with van der Waals surface area (Å²) in [5.74, 6) is -0.992. The molecule has 1 aromatic heterocycles. The molecule has 1 N–H and O–H groups in total. The molecule has 2 heterocycles. The fraction of sp³-hybridized carbons (Fsp3) is 0.412. The van der Waals surface area contributed by atoms with E-state index in [1.165, 1.54) is 27.4 Å². The molecule has 26 heavy (non-hydrogen) atoms. The molecule has 0 radical (unpaired) electrons. The van der Waals surface area contributed by atoms with Crippen molar-refractivity contribution in [1.29, 1.82) is 0 Å². The second-order valence-corrected chi connectivity index (χ2v) is 8.17. The van der Waals surface area contributed by atoms with E-state index in [-0.39, 0.29) is 23.5 Å². The van der Waals surface area contributed by atoms with Crippen molar-refractivity contribution in [3.8, 4) is 0 Å². The highest BCUT2D eigenvalue weighted by Crippen LogP contribution is 2.23. The number of carbonyl (C=O) groups is 1. The number of nitrogens with one attached hydrogen (secondary N) is 1. The van der Waals surface area contributed by atoms with Crippen LogP contribution in [0.3, 0.4) is 0 Å². The van der Waals surface area contributed by atoms with E-state index in [4.69, 9.17) is 0 Å². The second-order valence-electron chi connectivity index (χ2n) is 6.29. The first kappa shape index (κ1) is 18.5. The number of hydrogen-bond acceptors (Lipinski definition) is 4. The Morgan fingerprint density at radius 2 is 1.88 bits per heavy atom. The highest BCUT2D eigenvalue weighted by atomic mass is 32.2. The van der Waals surface area contributed by atoms with Crippen LogP contribution in [-0.4, -0.2) is 59.9 Å². The van der Waals surface area contributed by atoms with Gasteiger partial charge in [0.2, 0.25) is 10.0 Å². The minimum atomic E-state index is -3.70. The minimum Gasteiger partial charge on any atom is -0.337 e. The summed E-state index contributed by atoms with van der Waals surface area (Å²) >= 11 is 0. The number of benzene rings is 1. The predicted octanol–water partition coefficient (Wildman–Crippen LogP) is 1.70. The fourth-order valence-corrected chi connectivity index (χ4v) is 4.99. The molecule has 1 aliphatic heterocycles. The minimum absolute atomic E-state index is 0.00494. The number of halogens is 1. The first-order valence-electron chi connectivity index (χ1n) is 8.38. The summed E-state index contributed by atoms with van der Waals surface area (Å²) in [7, 11) is -3.70. The molecule has 1 fully saturated rings. The second kappa shape index (κ2) is 7.16. The lowest BCUT2D eigenvalue weighted by Crippen LogP contribution is -2.37. The van der Waals surface area contributed by atoms with Crippen molar-refractivity contribution in [1.82, 2.24) is 19.4 Å². The Bertz CT molecular complexity index is 906. The van der Waals surface area contributed by atoms with Gasteiger partial charge in [-0.05, 0) is 32.4 Å². The van der Waals surface area contributed by atoms with E-state index in [1.54, 1.807) is 19.9 Å². The van der Waals surface area contributed by atoms with Crippen molar-refractivity contribution >= 4 is 15.9 Å². The quantitative estimate of drug-likeness (QED) is 0.878. The van der Waals surface area contributed by atoms with E-state index in [2.05, 4.69) is 10.2 Å². The maximum absolute atomic E-state index is 13.9. The van der Waals surface area contributed by atoms with E-state index in [9.17, 15) is 17.6 Å². The van der Waals surface area contributed by atoms with Crippen molar-refractivity contribution < 1.29 is 17.6 Å². The van der Waals surface area contributed by atoms with Crippen LogP contribution in [-0.2, 0) is 10.0 Å².